The van der Waals surface area contributed by atoms with Gasteiger partial charge in [0.25, 0.3) is 5.91 Å². The molecule has 0 saturated carbocycles. The zero-order valence-electron chi connectivity index (χ0n) is 24.4. The normalized spacial score (nSPS) is 22.2. The summed E-state index contributed by atoms with van der Waals surface area (Å²) in [5.41, 5.74) is 0.242. The van der Waals surface area contributed by atoms with E-state index >= 15 is 0 Å². The molecule has 154 valence electrons. The van der Waals surface area contributed by atoms with Crippen molar-refractivity contribution in [3.8, 4) is 22.6 Å². The Labute approximate surface area is 184 Å². The minimum Gasteiger partial charge on any atom is -0.491 e. The lowest BCUT2D eigenvalue weighted by molar-refractivity contribution is -0.158. The molecule has 3 aromatic rings. The van der Waals surface area contributed by atoms with E-state index in [9.17, 15) is 13.6 Å². The number of ether oxygens (including phenoxy) is 2. The van der Waals surface area contributed by atoms with Gasteiger partial charge in [-0.2, -0.15) is 8.78 Å². The Balaban J connectivity index is 1.83. The van der Waals surface area contributed by atoms with Gasteiger partial charge in [-0.15, -0.1) is 0 Å². The van der Waals surface area contributed by atoms with Crippen LogP contribution in [0.2, 0.25) is 0 Å². The van der Waals surface area contributed by atoms with Crippen molar-refractivity contribution in [2.45, 2.75) is 19.5 Å². The average Bonchev–Trinajstić information content (AvgIpc) is 2.86. The van der Waals surface area contributed by atoms with E-state index < -0.39 is 67.1 Å². The Kier molecular flexibility index (Phi) is 3.11. The molecule has 0 radical (unpaired) electrons. The van der Waals surface area contributed by atoms with Crippen LogP contribution in [0.15, 0.2) is 60.9 Å². The Hall–Kier alpha value is -3.55. The number of carbonyl (C=O) groups is 1. The molecule has 0 saturated heterocycles. The Morgan fingerprint density at radius 1 is 1.23 bits per heavy atom. The van der Waals surface area contributed by atoms with E-state index in [4.69, 9.17) is 17.1 Å². The first-order chi connectivity index (χ1) is 17.8. The van der Waals surface area contributed by atoms with Crippen molar-refractivity contribution in [1.82, 2.24) is 14.9 Å². The van der Waals surface area contributed by atoms with Crippen LogP contribution in [-0.2, 0) is 6.50 Å². The van der Waals surface area contributed by atoms with Gasteiger partial charge >= 0.3 is 6.11 Å². The van der Waals surface area contributed by atoms with Gasteiger partial charge in [0.05, 0.1) is 30.9 Å². The highest BCUT2D eigenvalue weighted by Crippen LogP contribution is 2.31. The summed E-state index contributed by atoms with van der Waals surface area (Å²) in [6.07, 6.45) is -5.12. The first kappa shape index (κ1) is 11.6. The first-order valence-electron chi connectivity index (χ1n) is 13.0. The van der Waals surface area contributed by atoms with Gasteiger partial charge in [-0.1, -0.05) is 18.2 Å². The minimum atomic E-state index is -3.48. The van der Waals surface area contributed by atoms with Gasteiger partial charge in [-0.25, -0.2) is 9.97 Å². The largest absolute Gasteiger partial charge is 0.491 e. The maximum absolute atomic E-state index is 13.7. The zero-order chi connectivity index (χ0) is 29.1. The zero-order valence-corrected chi connectivity index (χ0v) is 15.4. The van der Waals surface area contributed by atoms with E-state index in [0.29, 0.717) is 18.1 Å². The van der Waals surface area contributed by atoms with Crippen LogP contribution in [0, 0.1) is 0 Å². The molecule has 0 spiro atoms. The maximum atomic E-state index is 13.7. The number of benzene rings is 2. The molecule has 0 unspecified atom stereocenters. The molecule has 1 aliphatic heterocycles. The maximum Gasteiger partial charge on any atom is 0.394 e. The number of rotatable bonds is 5. The molecular weight excluding hydrogens is 392 g/mol. The van der Waals surface area contributed by atoms with Crippen molar-refractivity contribution >= 4 is 5.91 Å². The SMILES string of the molecule is [2H]c1nc(C([2H])([2H])N2C(=O)c3cc(-c4ccc(OC(C)(F)F)cc4)ccc3OC([2H])([2H])C2([2H])[2H])nc([2H])c1[2H]. The van der Waals surface area contributed by atoms with Crippen LogP contribution in [0.1, 0.15) is 35.4 Å². The summed E-state index contributed by atoms with van der Waals surface area (Å²) < 4.78 is 109. The van der Waals surface area contributed by atoms with Crippen LogP contribution in [0.3, 0.4) is 0 Å². The molecule has 2 heterocycles. The van der Waals surface area contributed by atoms with E-state index in [1.807, 2.05) is 0 Å². The second-order valence-electron chi connectivity index (χ2n) is 6.11. The van der Waals surface area contributed by atoms with E-state index in [0.717, 1.165) is 0 Å². The molecule has 0 atom stereocenters. The molecule has 1 amide bonds. The number of aromatic nitrogens is 2. The van der Waals surface area contributed by atoms with E-state index in [1.165, 1.54) is 42.5 Å². The lowest BCUT2D eigenvalue weighted by Gasteiger charge is -2.19. The molecule has 6 nitrogen and oxygen atoms in total. The number of amides is 1. The third-order valence-corrected chi connectivity index (χ3v) is 3.86. The van der Waals surface area contributed by atoms with E-state index in [1.54, 1.807) is 0 Å². The second kappa shape index (κ2) is 8.06. The van der Waals surface area contributed by atoms with Crippen molar-refractivity contribution in [3.05, 3.63) is 72.2 Å². The summed E-state index contributed by atoms with van der Waals surface area (Å²) in [5, 5.41) is 0. The number of alkyl halides is 2. The molecule has 8 heteroatoms. The fourth-order valence-electron chi connectivity index (χ4n) is 2.62. The third-order valence-electron chi connectivity index (χ3n) is 3.86. The van der Waals surface area contributed by atoms with E-state index in [-0.39, 0.29) is 10.6 Å². The fraction of sp³-hybridized carbons (Fsp3) is 0.227. The number of hydrogen-bond acceptors (Lipinski definition) is 5. The molecule has 0 bridgehead atoms. The third kappa shape index (κ3) is 4.53. The second-order valence-corrected chi connectivity index (χ2v) is 6.11. The van der Waals surface area contributed by atoms with Crippen molar-refractivity contribution in [2.75, 3.05) is 13.1 Å². The van der Waals surface area contributed by atoms with Crippen molar-refractivity contribution in [2.24, 2.45) is 0 Å². The van der Waals surface area contributed by atoms with Crippen molar-refractivity contribution in [1.29, 1.82) is 0 Å². The molecule has 30 heavy (non-hydrogen) atoms. The number of carbonyl (C=O) groups excluding carboxylic acids is 1. The number of hydrogen-bond donors (Lipinski definition) is 0. The highest BCUT2D eigenvalue weighted by atomic mass is 19.3. The lowest BCUT2D eigenvalue weighted by atomic mass is 10.0. The van der Waals surface area contributed by atoms with Crippen LogP contribution in [0.4, 0.5) is 8.78 Å². The Morgan fingerprint density at radius 3 is 2.63 bits per heavy atom. The fourth-order valence-corrected chi connectivity index (χ4v) is 2.62. The topological polar surface area (TPSA) is 64.6 Å². The van der Waals surface area contributed by atoms with Crippen LogP contribution in [0.25, 0.3) is 11.1 Å². The van der Waals surface area contributed by atoms with Gasteiger partial charge in [0.2, 0.25) is 0 Å². The monoisotopic (exact) mass is 420 g/mol. The molecular formula is C22H19F2N3O3. The highest BCUT2D eigenvalue weighted by Gasteiger charge is 2.25. The predicted molar refractivity (Wildman–Crippen MR) is 105 cm³/mol. The van der Waals surface area contributed by atoms with E-state index in [2.05, 4.69) is 14.7 Å². The standard InChI is InChI=1S/C22H19F2N3O3/c1-22(23,24)30-17-6-3-15(4-7-17)16-5-8-19-18(13-16)21(28)27(11-12-29-19)14-20-25-9-2-10-26-20/h2-10,13H,11-12,14H2,1H3/i2D,9D,10D,11D2,12D2,14D2. The van der Waals surface area contributed by atoms with Crippen LogP contribution in [-0.4, -0.2) is 39.9 Å². The highest BCUT2D eigenvalue weighted by molar-refractivity contribution is 5.98. The van der Waals surface area contributed by atoms with Crippen LogP contribution >= 0.6 is 0 Å². The molecule has 1 aliphatic rings. The van der Waals surface area contributed by atoms with Gasteiger partial charge in [0.1, 0.15) is 23.9 Å². The predicted octanol–water partition coefficient (Wildman–Crippen LogP) is 4.17. The average molecular weight is 420 g/mol. The van der Waals surface area contributed by atoms with Gasteiger partial charge < -0.3 is 14.4 Å². The summed E-state index contributed by atoms with van der Waals surface area (Å²) in [7, 11) is 0. The van der Waals surface area contributed by atoms with Crippen molar-refractivity contribution < 1.29 is 35.4 Å². The Morgan fingerprint density at radius 2 is 1.93 bits per heavy atom. The summed E-state index contributed by atoms with van der Waals surface area (Å²) in [4.78, 5) is 20.6. The summed E-state index contributed by atoms with van der Waals surface area (Å²) in [5.74, 6) is -2.93. The molecule has 0 fully saturated rings. The van der Waals surface area contributed by atoms with Crippen LogP contribution in [0.5, 0.6) is 11.5 Å². The lowest BCUT2D eigenvalue weighted by Crippen LogP contribution is -2.32. The summed E-state index contributed by atoms with van der Waals surface area (Å²) in [6, 6.07) is 8.35. The van der Waals surface area contributed by atoms with Gasteiger partial charge in [0, 0.05) is 19.3 Å². The molecule has 0 aliphatic carbocycles. The number of fused-ring (bicyclic) bond motifs is 1. The first-order valence-corrected chi connectivity index (χ1v) is 8.52. The molecule has 1 aromatic heterocycles. The number of nitrogens with zero attached hydrogens (tertiary/aromatic N) is 3. The van der Waals surface area contributed by atoms with Crippen LogP contribution < -0.4 is 9.47 Å². The quantitative estimate of drug-likeness (QED) is 0.620. The van der Waals surface area contributed by atoms with Crippen molar-refractivity contribution in [3.63, 3.8) is 0 Å². The molecule has 4 rings (SSSR count). The molecule has 2 aromatic carbocycles. The summed E-state index contributed by atoms with van der Waals surface area (Å²) >= 11 is 0. The Bertz CT molecular complexity index is 1430. The van der Waals surface area contributed by atoms with Gasteiger partial charge in [0.15, 0.2) is 0 Å². The minimum absolute atomic E-state index is 0.103. The van der Waals surface area contributed by atoms with Gasteiger partial charge in [-0.05, 0) is 41.4 Å². The van der Waals surface area contributed by atoms with Gasteiger partial charge in [-0.3, -0.25) is 4.79 Å². The summed E-state index contributed by atoms with van der Waals surface area (Å²) in [6.45, 7) is -9.54. The number of halogens is 2. The smallest absolute Gasteiger partial charge is 0.394 e. The molecule has 0 N–H and O–H groups in total.